The fraction of sp³-hybridized carbons (Fsp3) is 0.412. The predicted octanol–water partition coefficient (Wildman–Crippen LogP) is 3.07. The van der Waals surface area contributed by atoms with E-state index in [1.54, 1.807) is 6.08 Å². The molecule has 1 N–H and O–H groups in total. The van der Waals surface area contributed by atoms with Gasteiger partial charge >= 0.3 is 12.1 Å². The SMILES string of the molecule is C=CC[C@]1(C(=O)O)CCCN(C(=O)OCc2ccccc2)C1. The number of hydrogen-bond donors (Lipinski definition) is 1. The average Bonchev–Trinajstić information content (AvgIpc) is 2.54. The van der Waals surface area contributed by atoms with Crippen molar-refractivity contribution in [3.63, 3.8) is 0 Å². The number of carboxylic acids is 1. The van der Waals surface area contributed by atoms with E-state index in [4.69, 9.17) is 4.74 Å². The zero-order valence-corrected chi connectivity index (χ0v) is 12.5. The Morgan fingerprint density at radius 3 is 2.73 bits per heavy atom. The Labute approximate surface area is 130 Å². The summed E-state index contributed by atoms with van der Waals surface area (Å²) in [4.78, 5) is 25.2. The molecule has 0 spiro atoms. The number of piperidine rings is 1. The number of hydrogen-bond acceptors (Lipinski definition) is 3. The summed E-state index contributed by atoms with van der Waals surface area (Å²) in [5.41, 5.74) is -0.0328. The monoisotopic (exact) mass is 303 g/mol. The lowest BCUT2D eigenvalue weighted by Crippen LogP contribution is -2.49. The van der Waals surface area contributed by atoms with E-state index in [2.05, 4.69) is 6.58 Å². The van der Waals surface area contributed by atoms with E-state index in [1.165, 1.54) is 4.90 Å². The molecule has 1 aromatic carbocycles. The van der Waals surface area contributed by atoms with Crippen LogP contribution in [0.1, 0.15) is 24.8 Å². The zero-order valence-electron chi connectivity index (χ0n) is 12.5. The Kier molecular flexibility index (Phi) is 5.20. The van der Waals surface area contributed by atoms with Gasteiger partial charge in [-0.3, -0.25) is 4.79 Å². The molecule has 0 aliphatic carbocycles. The Morgan fingerprint density at radius 1 is 1.36 bits per heavy atom. The summed E-state index contributed by atoms with van der Waals surface area (Å²) in [5.74, 6) is -0.882. The molecule has 1 aromatic rings. The predicted molar refractivity (Wildman–Crippen MR) is 82.3 cm³/mol. The van der Waals surface area contributed by atoms with Gasteiger partial charge in [-0.2, -0.15) is 0 Å². The third kappa shape index (κ3) is 3.67. The lowest BCUT2D eigenvalue weighted by Gasteiger charge is -2.38. The van der Waals surface area contributed by atoms with Crippen molar-refractivity contribution >= 4 is 12.1 Å². The highest BCUT2D eigenvalue weighted by atomic mass is 16.6. The first-order chi connectivity index (χ1) is 10.6. The second-order valence-corrected chi connectivity index (χ2v) is 5.64. The Bertz CT molecular complexity index is 543. The van der Waals surface area contributed by atoms with Gasteiger partial charge in [0.1, 0.15) is 6.61 Å². The van der Waals surface area contributed by atoms with Crippen LogP contribution >= 0.6 is 0 Å². The topological polar surface area (TPSA) is 66.8 Å². The molecule has 118 valence electrons. The van der Waals surface area contributed by atoms with Crippen molar-refractivity contribution in [3.05, 3.63) is 48.6 Å². The number of rotatable bonds is 5. The number of carbonyl (C=O) groups is 2. The van der Waals surface area contributed by atoms with E-state index in [9.17, 15) is 14.7 Å². The molecule has 1 fully saturated rings. The minimum absolute atomic E-state index is 0.169. The fourth-order valence-electron chi connectivity index (χ4n) is 2.80. The molecule has 1 aliphatic heterocycles. The molecule has 0 unspecified atom stereocenters. The van der Waals surface area contributed by atoms with Gasteiger partial charge in [-0.15, -0.1) is 6.58 Å². The molecule has 1 aliphatic rings. The van der Waals surface area contributed by atoms with Gasteiger partial charge in [-0.05, 0) is 24.8 Å². The van der Waals surface area contributed by atoms with Crippen molar-refractivity contribution in [1.29, 1.82) is 0 Å². The standard InChI is InChI=1S/C17H21NO4/c1-2-9-17(15(19)20)10-6-11-18(13-17)16(21)22-12-14-7-4-3-5-8-14/h2-5,7-8H,1,6,9-13H2,(H,19,20)/t17-/m0/s1. The molecule has 0 saturated carbocycles. The molecule has 2 rings (SSSR count). The molecule has 5 heteroatoms. The maximum absolute atomic E-state index is 12.2. The van der Waals surface area contributed by atoms with E-state index in [1.807, 2.05) is 30.3 Å². The van der Waals surface area contributed by atoms with E-state index in [0.29, 0.717) is 25.8 Å². The number of benzene rings is 1. The van der Waals surface area contributed by atoms with Crippen LogP contribution in [0.5, 0.6) is 0 Å². The minimum atomic E-state index is -0.939. The number of aliphatic carboxylic acids is 1. The molecular formula is C17H21NO4. The maximum atomic E-state index is 12.2. The van der Waals surface area contributed by atoms with Gasteiger partial charge in [0.2, 0.25) is 0 Å². The van der Waals surface area contributed by atoms with Gasteiger partial charge < -0.3 is 14.7 Å². The number of nitrogens with zero attached hydrogens (tertiary/aromatic N) is 1. The third-order valence-electron chi connectivity index (χ3n) is 4.03. The molecular weight excluding hydrogens is 282 g/mol. The van der Waals surface area contributed by atoms with E-state index in [-0.39, 0.29) is 13.2 Å². The van der Waals surface area contributed by atoms with E-state index < -0.39 is 17.5 Å². The van der Waals surface area contributed by atoms with Crippen molar-refractivity contribution in [2.75, 3.05) is 13.1 Å². The normalized spacial score (nSPS) is 21.2. The molecule has 1 saturated heterocycles. The van der Waals surface area contributed by atoms with Crippen LogP contribution in [0.4, 0.5) is 4.79 Å². The van der Waals surface area contributed by atoms with Crippen molar-refractivity contribution in [1.82, 2.24) is 4.90 Å². The molecule has 0 aromatic heterocycles. The highest BCUT2D eigenvalue weighted by Gasteiger charge is 2.43. The zero-order chi connectivity index (χ0) is 16.0. The van der Waals surface area contributed by atoms with Crippen molar-refractivity contribution in [3.8, 4) is 0 Å². The Morgan fingerprint density at radius 2 is 2.09 bits per heavy atom. The van der Waals surface area contributed by atoms with Crippen molar-refractivity contribution < 1.29 is 19.4 Å². The van der Waals surface area contributed by atoms with Crippen LogP contribution in [0.3, 0.4) is 0 Å². The lowest BCUT2D eigenvalue weighted by atomic mass is 9.77. The minimum Gasteiger partial charge on any atom is -0.481 e. The van der Waals surface area contributed by atoms with Crippen LogP contribution in [0.2, 0.25) is 0 Å². The van der Waals surface area contributed by atoms with Gasteiger partial charge in [0.25, 0.3) is 0 Å². The highest BCUT2D eigenvalue weighted by Crippen LogP contribution is 2.34. The number of carbonyl (C=O) groups excluding carboxylic acids is 1. The summed E-state index contributed by atoms with van der Waals surface area (Å²) in [6.07, 6.45) is 2.70. The molecule has 1 atom stereocenters. The van der Waals surface area contributed by atoms with Crippen LogP contribution in [0.15, 0.2) is 43.0 Å². The fourth-order valence-corrected chi connectivity index (χ4v) is 2.80. The number of amides is 1. The van der Waals surface area contributed by atoms with Gasteiger partial charge in [-0.25, -0.2) is 4.79 Å². The van der Waals surface area contributed by atoms with Crippen LogP contribution in [-0.2, 0) is 16.1 Å². The van der Waals surface area contributed by atoms with Crippen molar-refractivity contribution in [2.45, 2.75) is 25.9 Å². The van der Waals surface area contributed by atoms with Gasteiger partial charge in [-0.1, -0.05) is 36.4 Å². The molecule has 5 nitrogen and oxygen atoms in total. The smallest absolute Gasteiger partial charge is 0.410 e. The summed E-state index contributed by atoms with van der Waals surface area (Å²) in [5, 5.41) is 9.50. The summed E-state index contributed by atoms with van der Waals surface area (Å²) >= 11 is 0. The summed E-state index contributed by atoms with van der Waals surface area (Å²) in [6.45, 7) is 4.52. The third-order valence-corrected chi connectivity index (χ3v) is 4.03. The summed E-state index contributed by atoms with van der Waals surface area (Å²) in [6, 6.07) is 9.41. The van der Waals surface area contributed by atoms with Crippen LogP contribution in [0, 0.1) is 5.41 Å². The molecule has 0 bridgehead atoms. The first kappa shape index (κ1) is 16.1. The number of ether oxygens (including phenoxy) is 1. The number of carboxylic acid groups (broad SMARTS) is 1. The first-order valence-electron chi connectivity index (χ1n) is 7.37. The second-order valence-electron chi connectivity index (χ2n) is 5.64. The number of likely N-dealkylation sites (tertiary alicyclic amines) is 1. The maximum Gasteiger partial charge on any atom is 0.410 e. The van der Waals surface area contributed by atoms with Gasteiger partial charge in [0.15, 0.2) is 0 Å². The number of allylic oxidation sites excluding steroid dienone is 1. The van der Waals surface area contributed by atoms with Gasteiger partial charge in [0.05, 0.1) is 5.41 Å². The molecule has 1 amide bonds. The van der Waals surface area contributed by atoms with Crippen LogP contribution < -0.4 is 0 Å². The second kappa shape index (κ2) is 7.11. The summed E-state index contributed by atoms with van der Waals surface area (Å²) in [7, 11) is 0. The lowest BCUT2D eigenvalue weighted by molar-refractivity contribution is -0.151. The van der Waals surface area contributed by atoms with E-state index in [0.717, 1.165) is 5.56 Å². The van der Waals surface area contributed by atoms with Crippen molar-refractivity contribution in [2.24, 2.45) is 5.41 Å². The quantitative estimate of drug-likeness (QED) is 0.849. The first-order valence-corrected chi connectivity index (χ1v) is 7.37. The molecule has 22 heavy (non-hydrogen) atoms. The Hall–Kier alpha value is -2.30. The highest BCUT2D eigenvalue weighted by molar-refractivity contribution is 5.77. The molecule has 0 radical (unpaired) electrons. The molecule has 1 heterocycles. The Balaban J connectivity index is 1.97. The van der Waals surface area contributed by atoms with Crippen LogP contribution in [0.25, 0.3) is 0 Å². The van der Waals surface area contributed by atoms with Crippen LogP contribution in [-0.4, -0.2) is 35.2 Å². The average molecular weight is 303 g/mol. The van der Waals surface area contributed by atoms with Gasteiger partial charge in [0, 0.05) is 13.1 Å². The van der Waals surface area contributed by atoms with E-state index >= 15 is 0 Å². The largest absolute Gasteiger partial charge is 0.481 e. The summed E-state index contributed by atoms with van der Waals surface area (Å²) < 4.78 is 5.29.